The van der Waals surface area contributed by atoms with Crippen LogP contribution in [-0.2, 0) is 17.8 Å². The average Bonchev–Trinajstić information content (AvgIpc) is 3.62. The lowest BCUT2D eigenvalue weighted by atomic mass is 10.0. The fourth-order valence-electron chi connectivity index (χ4n) is 3.95. The quantitative estimate of drug-likeness (QED) is 0.361. The molecule has 0 fully saturated rings. The molecule has 4 aromatic rings. The van der Waals surface area contributed by atoms with Crippen molar-refractivity contribution >= 4 is 11.8 Å². The Hall–Kier alpha value is -4.79. The summed E-state index contributed by atoms with van der Waals surface area (Å²) in [6.45, 7) is 0.443. The Morgan fingerprint density at radius 3 is 2.62 bits per heavy atom. The summed E-state index contributed by atoms with van der Waals surface area (Å²) in [6.07, 6.45) is 0.306. The van der Waals surface area contributed by atoms with E-state index in [2.05, 4.69) is 15.8 Å². The van der Waals surface area contributed by atoms with E-state index in [1.165, 1.54) is 6.07 Å². The van der Waals surface area contributed by atoms with Crippen molar-refractivity contribution in [3.63, 3.8) is 0 Å². The van der Waals surface area contributed by atoms with Crippen LogP contribution in [0, 0.1) is 0 Å². The Morgan fingerprint density at radius 2 is 1.78 bits per heavy atom. The molecule has 3 aromatic carbocycles. The van der Waals surface area contributed by atoms with Gasteiger partial charge in [0.25, 0.3) is 5.91 Å². The molecule has 2 N–H and O–H groups in total. The molecule has 9 nitrogen and oxygen atoms in total. The van der Waals surface area contributed by atoms with E-state index in [-0.39, 0.29) is 24.9 Å². The van der Waals surface area contributed by atoms with Crippen molar-refractivity contribution in [1.29, 1.82) is 0 Å². The molecule has 5 rings (SSSR count). The van der Waals surface area contributed by atoms with Crippen LogP contribution in [0.5, 0.6) is 17.2 Å². The highest BCUT2D eigenvalue weighted by Gasteiger charge is 2.24. The third-order valence-electron chi connectivity index (χ3n) is 5.91. The molecule has 9 heteroatoms. The standard InChI is InChI=1S/C28H25N3O6/c1-34-21-9-5-8-20(14-21)25-15-23(31-37-25)28(33)30-22(12-18-6-3-2-4-7-18)27(32)29-16-19-10-11-24-26(13-19)36-17-35-24/h2-11,13-15,22H,12,16-17H2,1H3,(H,29,32)(H,30,33). The Labute approximate surface area is 213 Å². The second-order valence-electron chi connectivity index (χ2n) is 8.43. The van der Waals surface area contributed by atoms with Crippen molar-refractivity contribution in [2.75, 3.05) is 13.9 Å². The Morgan fingerprint density at radius 1 is 0.946 bits per heavy atom. The van der Waals surface area contributed by atoms with Crippen molar-refractivity contribution in [3.8, 4) is 28.6 Å². The fourth-order valence-corrected chi connectivity index (χ4v) is 3.95. The van der Waals surface area contributed by atoms with Crippen molar-refractivity contribution in [2.45, 2.75) is 19.0 Å². The van der Waals surface area contributed by atoms with Gasteiger partial charge in [-0.3, -0.25) is 9.59 Å². The Balaban J connectivity index is 1.29. The highest BCUT2D eigenvalue weighted by atomic mass is 16.7. The molecule has 1 aliphatic heterocycles. The maximum Gasteiger partial charge on any atom is 0.274 e. The number of rotatable bonds is 9. The number of nitrogens with zero attached hydrogens (tertiary/aromatic N) is 1. The van der Waals surface area contributed by atoms with E-state index in [1.54, 1.807) is 19.2 Å². The van der Waals surface area contributed by atoms with Gasteiger partial charge in [-0.05, 0) is 35.4 Å². The van der Waals surface area contributed by atoms with Crippen molar-refractivity contribution in [1.82, 2.24) is 15.8 Å². The van der Waals surface area contributed by atoms with E-state index in [1.807, 2.05) is 60.7 Å². The van der Waals surface area contributed by atoms with Gasteiger partial charge in [-0.1, -0.05) is 53.7 Å². The molecule has 2 heterocycles. The molecule has 37 heavy (non-hydrogen) atoms. The first-order chi connectivity index (χ1) is 18.1. The molecule has 1 atom stereocenters. The van der Waals surface area contributed by atoms with Crippen LogP contribution in [0.25, 0.3) is 11.3 Å². The highest BCUT2D eigenvalue weighted by Crippen LogP contribution is 2.32. The molecule has 188 valence electrons. The van der Waals surface area contributed by atoms with E-state index in [4.69, 9.17) is 18.7 Å². The second kappa shape index (κ2) is 10.9. The van der Waals surface area contributed by atoms with E-state index in [9.17, 15) is 9.59 Å². The van der Waals surface area contributed by atoms with Crippen LogP contribution >= 0.6 is 0 Å². The van der Waals surface area contributed by atoms with Gasteiger partial charge in [0.15, 0.2) is 23.0 Å². The smallest absolute Gasteiger partial charge is 0.274 e. The van der Waals surface area contributed by atoms with Gasteiger partial charge in [-0.2, -0.15) is 0 Å². The van der Waals surface area contributed by atoms with Crippen LogP contribution in [-0.4, -0.2) is 36.9 Å². The molecule has 0 saturated carbocycles. The zero-order valence-corrected chi connectivity index (χ0v) is 20.1. The molecule has 2 amide bonds. The Bertz CT molecular complexity index is 1400. The minimum absolute atomic E-state index is 0.0689. The number of fused-ring (bicyclic) bond motifs is 1. The molecule has 0 spiro atoms. The van der Waals surface area contributed by atoms with Gasteiger partial charge in [0.2, 0.25) is 12.7 Å². The van der Waals surface area contributed by atoms with Crippen molar-refractivity contribution < 1.29 is 28.3 Å². The van der Waals surface area contributed by atoms with Gasteiger partial charge >= 0.3 is 0 Å². The van der Waals surface area contributed by atoms with Crippen molar-refractivity contribution in [3.05, 3.63) is 95.7 Å². The molecule has 1 aliphatic rings. The molecule has 1 unspecified atom stereocenters. The minimum atomic E-state index is -0.833. The largest absolute Gasteiger partial charge is 0.497 e. The van der Waals surface area contributed by atoms with E-state index < -0.39 is 11.9 Å². The molecule has 0 radical (unpaired) electrons. The van der Waals surface area contributed by atoms with Gasteiger partial charge in [0.1, 0.15) is 11.8 Å². The zero-order chi connectivity index (χ0) is 25.6. The topological polar surface area (TPSA) is 112 Å². The SMILES string of the molecule is COc1cccc(-c2cc(C(=O)NC(Cc3ccccc3)C(=O)NCc3ccc4c(c3)OCO4)no2)c1. The number of carbonyl (C=O) groups excluding carboxylic acids is 2. The van der Waals surface area contributed by atoms with E-state index in [0.29, 0.717) is 35.0 Å². The third kappa shape index (κ3) is 5.72. The van der Waals surface area contributed by atoms with Crippen LogP contribution in [0.2, 0.25) is 0 Å². The second-order valence-corrected chi connectivity index (χ2v) is 8.43. The maximum absolute atomic E-state index is 13.2. The first-order valence-corrected chi connectivity index (χ1v) is 11.7. The number of carbonyl (C=O) groups is 2. The summed E-state index contributed by atoms with van der Waals surface area (Å²) in [7, 11) is 1.57. The number of methoxy groups -OCH3 is 1. The van der Waals surface area contributed by atoms with Gasteiger partial charge in [0, 0.05) is 24.6 Å². The summed E-state index contributed by atoms with van der Waals surface area (Å²) < 4.78 is 21.4. The lowest BCUT2D eigenvalue weighted by Gasteiger charge is -2.18. The number of nitrogens with one attached hydrogen (secondary N) is 2. The third-order valence-corrected chi connectivity index (χ3v) is 5.91. The number of hydrogen-bond acceptors (Lipinski definition) is 7. The zero-order valence-electron chi connectivity index (χ0n) is 20.1. The maximum atomic E-state index is 13.2. The molecule has 0 saturated heterocycles. The van der Waals surface area contributed by atoms with Crippen LogP contribution in [0.4, 0.5) is 0 Å². The van der Waals surface area contributed by atoms with Crippen LogP contribution in [0.15, 0.2) is 83.4 Å². The summed E-state index contributed by atoms with van der Waals surface area (Å²) in [5.41, 5.74) is 2.54. The molecule has 0 aliphatic carbocycles. The molecular weight excluding hydrogens is 474 g/mol. The molecular formula is C28H25N3O6. The van der Waals surface area contributed by atoms with Crippen LogP contribution in [0.1, 0.15) is 21.6 Å². The predicted molar refractivity (Wildman–Crippen MR) is 134 cm³/mol. The van der Waals surface area contributed by atoms with E-state index >= 15 is 0 Å². The monoisotopic (exact) mass is 499 g/mol. The van der Waals surface area contributed by atoms with Gasteiger partial charge in [0.05, 0.1) is 7.11 Å². The number of ether oxygens (including phenoxy) is 3. The first kappa shape index (κ1) is 23.9. The lowest BCUT2D eigenvalue weighted by molar-refractivity contribution is -0.123. The van der Waals surface area contributed by atoms with Gasteiger partial charge in [-0.25, -0.2) is 0 Å². The molecule has 1 aromatic heterocycles. The number of aromatic nitrogens is 1. The van der Waals surface area contributed by atoms with Crippen LogP contribution in [0.3, 0.4) is 0 Å². The summed E-state index contributed by atoms with van der Waals surface area (Å²) >= 11 is 0. The summed E-state index contributed by atoms with van der Waals surface area (Å²) in [4.78, 5) is 26.2. The van der Waals surface area contributed by atoms with Gasteiger partial charge < -0.3 is 29.4 Å². The summed E-state index contributed by atoms with van der Waals surface area (Å²) in [5.74, 6) is 1.53. The molecule has 0 bridgehead atoms. The predicted octanol–water partition coefficient (Wildman–Crippen LogP) is 3.74. The summed E-state index contributed by atoms with van der Waals surface area (Å²) in [5, 5.41) is 9.62. The highest BCUT2D eigenvalue weighted by molar-refractivity contribution is 5.96. The number of hydrogen-bond donors (Lipinski definition) is 2. The number of benzene rings is 3. The first-order valence-electron chi connectivity index (χ1n) is 11.7. The van der Waals surface area contributed by atoms with Gasteiger partial charge in [-0.15, -0.1) is 0 Å². The normalized spacial score (nSPS) is 12.6. The summed E-state index contributed by atoms with van der Waals surface area (Å²) in [6, 6.07) is 22.9. The minimum Gasteiger partial charge on any atom is -0.497 e. The fraction of sp³-hybridized carbons (Fsp3) is 0.179. The lowest BCUT2D eigenvalue weighted by Crippen LogP contribution is -2.47. The number of amides is 2. The van der Waals surface area contributed by atoms with E-state index in [0.717, 1.165) is 11.1 Å². The van der Waals surface area contributed by atoms with Crippen LogP contribution < -0.4 is 24.8 Å². The Kier molecular flexibility index (Phi) is 7.02. The average molecular weight is 500 g/mol. The van der Waals surface area contributed by atoms with Crippen molar-refractivity contribution in [2.24, 2.45) is 0 Å².